The molecule has 86 valence electrons. The lowest BCUT2D eigenvalue weighted by Gasteiger charge is -2.28. The van der Waals surface area contributed by atoms with Crippen LogP contribution in [0, 0.1) is 11.3 Å². The van der Waals surface area contributed by atoms with Gasteiger partial charge in [-0.05, 0) is 19.4 Å². The van der Waals surface area contributed by atoms with E-state index in [-0.39, 0.29) is 11.6 Å². The number of aliphatic hydroxyl groups is 1. The number of nitriles is 1. The zero-order valence-corrected chi connectivity index (χ0v) is 10.0. The predicted molar refractivity (Wildman–Crippen MR) is 63.4 cm³/mol. The summed E-state index contributed by atoms with van der Waals surface area (Å²) in [6, 6.07) is 3.53. The van der Waals surface area contributed by atoms with E-state index >= 15 is 0 Å². The van der Waals surface area contributed by atoms with Crippen molar-refractivity contribution in [2.75, 3.05) is 11.9 Å². The molecule has 1 unspecified atom stereocenters. The molecule has 0 bridgehead atoms. The number of aliphatic hydroxyl groups excluding tert-OH is 1. The topological polar surface area (TPSA) is 68.9 Å². The minimum Gasteiger partial charge on any atom is -0.394 e. The Morgan fingerprint density at radius 1 is 1.69 bits per heavy atom. The quantitative estimate of drug-likeness (QED) is 0.845. The van der Waals surface area contributed by atoms with Gasteiger partial charge in [0.05, 0.1) is 17.7 Å². The predicted octanol–water partition coefficient (Wildman–Crippen LogP) is 2.18. The first kappa shape index (κ1) is 12.8. The summed E-state index contributed by atoms with van der Waals surface area (Å²) in [4.78, 5) is 4.06. The first-order chi connectivity index (χ1) is 7.56. The molecule has 16 heavy (non-hydrogen) atoms. The van der Waals surface area contributed by atoms with Gasteiger partial charge in [-0.3, -0.25) is 0 Å². The average Bonchev–Trinajstić information content (AvgIpc) is 2.32. The minimum atomic E-state index is -0.481. The van der Waals surface area contributed by atoms with Crippen LogP contribution in [-0.4, -0.2) is 22.2 Å². The van der Waals surface area contributed by atoms with E-state index in [4.69, 9.17) is 16.9 Å². The highest BCUT2D eigenvalue weighted by molar-refractivity contribution is 6.34. The number of halogens is 1. The standard InChI is InChI=1S/C11H14ClN3O/c1-3-11(2,7-16)15-10-9(12)8(6-13)4-5-14-10/h4-5,16H,3,7H2,1-2H3,(H,14,15). The largest absolute Gasteiger partial charge is 0.394 e. The molecule has 0 saturated carbocycles. The zero-order chi connectivity index (χ0) is 12.2. The van der Waals surface area contributed by atoms with Crippen molar-refractivity contribution < 1.29 is 5.11 Å². The third-order valence-electron chi connectivity index (χ3n) is 2.56. The number of hydrogen-bond donors (Lipinski definition) is 2. The summed E-state index contributed by atoms with van der Waals surface area (Å²) in [6.45, 7) is 3.79. The Morgan fingerprint density at radius 2 is 2.38 bits per heavy atom. The maximum Gasteiger partial charge on any atom is 0.146 e. The second kappa shape index (κ2) is 5.15. The molecule has 0 aliphatic heterocycles. The van der Waals surface area contributed by atoms with Gasteiger partial charge in [-0.2, -0.15) is 5.26 Å². The van der Waals surface area contributed by atoms with E-state index in [1.54, 1.807) is 6.07 Å². The Labute approximate surface area is 99.9 Å². The molecule has 1 aromatic heterocycles. The highest BCUT2D eigenvalue weighted by Gasteiger charge is 2.22. The Hall–Kier alpha value is -1.31. The molecule has 0 aliphatic rings. The van der Waals surface area contributed by atoms with Crippen molar-refractivity contribution in [3.8, 4) is 6.07 Å². The molecule has 0 aliphatic carbocycles. The third-order valence-corrected chi connectivity index (χ3v) is 2.94. The molecule has 0 spiro atoms. The lowest BCUT2D eigenvalue weighted by atomic mass is 10.0. The summed E-state index contributed by atoms with van der Waals surface area (Å²) in [6.07, 6.45) is 2.23. The Kier molecular flexibility index (Phi) is 4.11. The highest BCUT2D eigenvalue weighted by atomic mass is 35.5. The summed E-state index contributed by atoms with van der Waals surface area (Å²) in [7, 11) is 0. The normalized spacial score (nSPS) is 13.9. The van der Waals surface area contributed by atoms with Crippen LogP contribution >= 0.6 is 11.6 Å². The lowest BCUT2D eigenvalue weighted by molar-refractivity contribution is 0.218. The summed E-state index contributed by atoms with van der Waals surface area (Å²) >= 11 is 6.00. The maximum absolute atomic E-state index is 9.27. The van der Waals surface area contributed by atoms with Crippen LogP contribution in [0.3, 0.4) is 0 Å². The molecular formula is C11H14ClN3O. The fourth-order valence-corrected chi connectivity index (χ4v) is 1.34. The molecule has 1 atom stereocenters. The molecule has 1 aromatic rings. The van der Waals surface area contributed by atoms with Crippen LogP contribution in [0.5, 0.6) is 0 Å². The van der Waals surface area contributed by atoms with Crippen LogP contribution in [0.1, 0.15) is 25.8 Å². The molecule has 1 rings (SSSR count). The number of nitrogens with zero attached hydrogens (tertiary/aromatic N) is 2. The molecule has 0 saturated heterocycles. The summed E-state index contributed by atoms with van der Waals surface area (Å²) < 4.78 is 0. The molecule has 4 nitrogen and oxygen atoms in total. The fraction of sp³-hybridized carbons (Fsp3) is 0.455. The summed E-state index contributed by atoms with van der Waals surface area (Å²) in [5.74, 6) is 0.430. The van der Waals surface area contributed by atoms with Gasteiger partial charge in [-0.15, -0.1) is 0 Å². The van der Waals surface area contributed by atoms with E-state index < -0.39 is 5.54 Å². The number of hydrogen-bond acceptors (Lipinski definition) is 4. The van der Waals surface area contributed by atoms with Crippen LogP contribution < -0.4 is 5.32 Å². The number of pyridine rings is 1. The van der Waals surface area contributed by atoms with E-state index in [0.717, 1.165) is 6.42 Å². The van der Waals surface area contributed by atoms with Crippen LogP contribution in [0.25, 0.3) is 0 Å². The van der Waals surface area contributed by atoms with Crippen LogP contribution in [0.15, 0.2) is 12.3 Å². The van der Waals surface area contributed by atoms with Crippen molar-refractivity contribution >= 4 is 17.4 Å². The molecule has 0 aromatic carbocycles. The van der Waals surface area contributed by atoms with Crippen LogP contribution in [0.4, 0.5) is 5.82 Å². The first-order valence-electron chi connectivity index (χ1n) is 5.00. The number of aromatic nitrogens is 1. The second-order valence-corrected chi connectivity index (χ2v) is 4.21. The van der Waals surface area contributed by atoms with Crippen molar-refractivity contribution in [3.05, 3.63) is 22.8 Å². The number of nitrogens with one attached hydrogen (secondary N) is 1. The van der Waals surface area contributed by atoms with Crippen molar-refractivity contribution in [1.29, 1.82) is 5.26 Å². The zero-order valence-electron chi connectivity index (χ0n) is 9.29. The van der Waals surface area contributed by atoms with Crippen LogP contribution in [-0.2, 0) is 0 Å². The summed E-state index contributed by atoms with van der Waals surface area (Å²) in [5.41, 5.74) is -0.111. The lowest BCUT2D eigenvalue weighted by Crippen LogP contribution is -2.38. The SMILES string of the molecule is CCC(C)(CO)Nc1nccc(C#N)c1Cl. The van der Waals surface area contributed by atoms with Gasteiger partial charge in [0.1, 0.15) is 16.9 Å². The van der Waals surface area contributed by atoms with E-state index in [9.17, 15) is 5.11 Å². The first-order valence-corrected chi connectivity index (χ1v) is 5.37. The number of anilines is 1. The van der Waals surface area contributed by atoms with Gasteiger partial charge in [0.25, 0.3) is 0 Å². The molecule has 5 heteroatoms. The summed E-state index contributed by atoms with van der Waals surface area (Å²) in [5, 5.41) is 21.4. The van der Waals surface area contributed by atoms with Gasteiger partial charge in [-0.25, -0.2) is 4.98 Å². The van der Waals surface area contributed by atoms with Crippen molar-refractivity contribution in [3.63, 3.8) is 0 Å². The molecule has 2 N–H and O–H groups in total. The van der Waals surface area contributed by atoms with Gasteiger partial charge >= 0.3 is 0 Å². The van der Waals surface area contributed by atoms with E-state index in [1.165, 1.54) is 6.20 Å². The molecule has 0 amide bonds. The molecule has 0 radical (unpaired) electrons. The third kappa shape index (κ3) is 2.63. The fourth-order valence-electron chi connectivity index (χ4n) is 1.14. The van der Waals surface area contributed by atoms with E-state index in [1.807, 2.05) is 19.9 Å². The molecular weight excluding hydrogens is 226 g/mol. The van der Waals surface area contributed by atoms with Gasteiger partial charge in [0, 0.05) is 6.20 Å². The van der Waals surface area contributed by atoms with Gasteiger partial charge in [-0.1, -0.05) is 18.5 Å². The average molecular weight is 240 g/mol. The van der Waals surface area contributed by atoms with Gasteiger partial charge in [0.15, 0.2) is 0 Å². The maximum atomic E-state index is 9.27. The van der Waals surface area contributed by atoms with Crippen molar-refractivity contribution in [2.45, 2.75) is 25.8 Å². The number of rotatable bonds is 4. The monoisotopic (exact) mass is 239 g/mol. The highest BCUT2D eigenvalue weighted by Crippen LogP contribution is 2.26. The Balaban J connectivity index is 3.03. The minimum absolute atomic E-state index is 0.0295. The van der Waals surface area contributed by atoms with Gasteiger partial charge in [0.2, 0.25) is 0 Å². The second-order valence-electron chi connectivity index (χ2n) is 3.83. The van der Waals surface area contributed by atoms with Crippen molar-refractivity contribution in [2.24, 2.45) is 0 Å². The Bertz CT molecular complexity index is 410. The molecule has 0 fully saturated rings. The molecule has 1 heterocycles. The van der Waals surface area contributed by atoms with Crippen molar-refractivity contribution in [1.82, 2.24) is 4.98 Å². The van der Waals surface area contributed by atoms with E-state index in [2.05, 4.69) is 10.3 Å². The van der Waals surface area contributed by atoms with Gasteiger partial charge < -0.3 is 10.4 Å². The van der Waals surface area contributed by atoms with E-state index in [0.29, 0.717) is 11.4 Å². The van der Waals surface area contributed by atoms with Crippen LogP contribution in [0.2, 0.25) is 5.02 Å². The smallest absolute Gasteiger partial charge is 0.146 e. The Morgan fingerprint density at radius 3 is 2.88 bits per heavy atom.